The van der Waals surface area contributed by atoms with Crippen molar-refractivity contribution >= 4 is 17.8 Å². The number of nitrogens with zero attached hydrogens (tertiary/aromatic N) is 1. The number of methoxy groups -OCH3 is 1. The van der Waals surface area contributed by atoms with Crippen molar-refractivity contribution in [3.63, 3.8) is 0 Å². The summed E-state index contributed by atoms with van der Waals surface area (Å²) >= 11 is 0. The highest BCUT2D eigenvalue weighted by Crippen LogP contribution is 2.16. The molecule has 0 saturated heterocycles. The Morgan fingerprint density at radius 1 is 1.21 bits per heavy atom. The van der Waals surface area contributed by atoms with Gasteiger partial charge in [0.05, 0.1) is 7.11 Å². The Hall–Kier alpha value is -2.38. The molecule has 0 aliphatic rings. The summed E-state index contributed by atoms with van der Waals surface area (Å²) in [5.74, 6) is -1.57. The van der Waals surface area contributed by atoms with Crippen LogP contribution in [0.1, 0.15) is 61.6 Å². The van der Waals surface area contributed by atoms with Gasteiger partial charge in [0.15, 0.2) is 5.69 Å². The second kappa shape index (κ2) is 7.46. The average molecular weight is 340 g/mol. The molecule has 8 heteroatoms. The van der Waals surface area contributed by atoms with Crippen LogP contribution >= 0.6 is 0 Å². The van der Waals surface area contributed by atoms with Crippen molar-refractivity contribution in [3.8, 4) is 0 Å². The Bertz CT molecular complexity index is 627. The number of alkyl carbamates (subject to hydrolysis) is 1. The first kappa shape index (κ1) is 19.7. The van der Waals surface area contributed by atoms with Crippen LogP contribution in [0.25, 0.3) is 0 Å². The molecule has 0 fully saturated rings. The number of hydrogen-bond acceptors (Lipinski definition) is 7. The van der Waals surface area contributed by atoms with Crippen LogP contribution in [-0.2, 0) is 9.47 Å². The molecule has 1 aromatic heterocycles. The predicted molar refractivity (Wildman–Crippen MR) is 84.9 cm³/mol. The summed E-state index contributed by atoms with van der Waals surface area (Å²) in [5.41, 5.74) is -0.757. The number of amides is 1. The zero-order chi connectivity index (χ0) is 18.7. The van der Waals surface area contributed by atoms with Crippen LogP contribution in [0.5, 0.6) is 0 Å². The van der Waals surface area contributed by atoms with Gasteiger partial charge in [0.2, 0.25) is 5.78 Å². The van der Waals surface area contributed by atoms with E-state index in [9.17, 15) is 14.4 Å². The van der Waals surface area contributed by atoms with Gasteiger partial charge in [-0.25, -0.2) is 9.59 Å². The topological polar surface area (TPSA) is 108 Å². The van der Waals surface area contributed by atoms with Gasteiger partial charge < -0.3 is 19.2 Å². The smallest absolute Gasteiger partial charge is 0.408 e. The van der Waals surface area contributed by atoms with Crippen LogP contribution in [0.3, 0.4) is 0 Å². The number of ketones is 1. The molecule has 134 valence electrons. The molecular weight excluding hydrogens is 316 g/mol. The summed E-state index contributed by atoms with van der Waals surface area (Å²) in [4.78, 5) is 40.0. The van der Waals surface area contributed by atoms with Crippen LogP contribution in [0.4, 0.5) is 4.79 Å². The molecule has 0 radical (unpaired) electrons. The molecule has 0 saturated carbocycles. The number of aromatic nitrogens is 1. The fourth-order valence-corrected chi connectivity index (χ4v) is 1.89. The molecule has 0 bridgehead atoms. The lowest BCUT2D eigenvalue weighted by molar-refractivity contribution is 0.0471. The van der Waals surface area contributed by atoms with E-state index in [0.717, 1.165) is 0 Å². The lowest BCUT2D eigenvalue weighted by Crippen LogP contribution is -2.46. The molecule has 0 unspecified atom stereocenters. The first-order valence-corrected chi connectivity index (χ1v) is 7.55. The molecule has 1 N–H and O–H groups in total. The van der Waals surface area contributed by atoms with Gasteiger partial charge in [-0.05, 0) is 33.6 Å². The molecule has 8 nitrogen and oxygen atoms in total. The third kappa shape index (κ3) is 5.07. The van der Waals surface area contributed by atoms with Crippen molar-refractivity contribution in [2.45, 2.75) is 53.2 Å². The number of aryl methyl sites for hydroxylation is 1. The quantitative estimate of drug-likeness (QED) is 0.648. The first-order chi connectivity index (χ1) is 11.0. The predicted octanol–water partition coefficient (Wildman–Crippen LogP) is 2.50. The normalized spacial score (nSPS) is 12.7. The van der Waals surface area contributed by atoms with Crippen molar-refractivity contribution in [1.82, 2.24) is 10.3 Å². The van der Waals surface area contributed by atoms with Gasteiger partial charge in [0.25, 0.3) is 5.89 Å². The number of carbonyl (C=O) groups is 3. The Labute approximate surface area is 140 Å². The second-order valence-corrected chi connectivity index (χ2v) is 6.65. The van der Waals surface area contributed by atoms with Crippen LogP contribution in [0.15, 0.2) is 4.42 Å². The number of ether oxygens (including phenoxy) is 2. The Kier molecular flexibility index (Phi) is 6.11. The van der Waals surface area contributed by atoms with Crippen molar-refractivity contribution in [1.29, 1.82) is 0 Å². The summed E-state index contributed by atoms with van der Waals surface area (Å²) < 4.78 is 15.0. The minimum Gasteiger partial charge on any atom is -0.464 e. The number of Topliss-reactive ketones (excluding diaryl/α,β-unsaturated/α-hetero) is 1. The zero-order valence-corrected chi connectivity index (χ0v) is 15.1. The maximum Gasteiger partial charge on any atom is 0.408 e. The number of carbonyl (C=O) groups excluding carboxylic acids is 3. The average Bonchev–Trinajstić information content (AvgIpc) is 2.83. The molecule has 1 atom stereocenters. The van der Waals surface area contributed by atoms with Crippen LogP contribution in [0.2, 0.25) is 0 Å². The SMILES string of the molecule is COC(=O)c1nc(C(=O)[C@@H](NC(=O)OC(C)(C)C)C(C)C)oc1C. The lowest BCUT2D eigenvalue weighted by Gasteiger charge is -2.24. The second-order valence-electron chi connectivity index (χ2n) is 6.65. The molecule has 1 heterocycles. The minimum absolute atomic E-state index is 0.0689. The van der Waals surface area contributed by atoms with Gasteiger partial charge in [-0.1, -0.05) is 13.8 Å². The van der Waals surface area contributed by atoms with Gasteiger partial charge in [-0.15, -0.1) is 0 Å². The Morgan fingerprint density at radius 2 is 1.79 bits per heavy atom. The minimum atomic E-state index is -0.900. The number of esters is 1. The summed E-state index contributed by atoms with van der Waals surface area (Å²) in [6.07, 6.45) is -0.717. The van der Waals surface area contributed by atoms with E-state index in [1.165, 1.54) is 14.0 Å². The maximum atomic E-state index is 12.6. The standard InChI is InChI=1S/C16H24N2O6/c1-8(2)10(18-15(21)24-16(4,5)6)12(19)13-17-11(9(3)23-13)14(20)22-7/h8,10H,1-7H3,(H,18,21)/t10-/m0/s1. The lowest BCUT2D eigenvalue weighted by atomic mass is 10.00. The van der Waals surface area contributed by atoms with E-state index in [-0.39, 0.29) is 23.3 Å². The van der Waals surface area contributed by atoms with E-state index in [0.29, 0.717) is 0 Å². The summed E-state index contributed by atoms with van der Waals surface area (Å²) in [5, 5.41) is 2.52. The monoisotopic (exact) mass is 340 g/mol. The van der Waals surface area contributed by atoms with Crippen molar-refractivity contribution in [2.75, 3.05) is 7.11 Å². The largest absolute Gasteiger partial charge is 0.464 e. The van der Waals surface area contributed by atoms with Crippen LogP contribution < -0.4 is 5.32 Å². The van der Waals surface area contributed by atoms with E-state index in [1.54, 1.807) is 34.6 Å². The highest BCUT2D eigenvalue weighted by Gasteiger charge is 2.32. The van der Waals surface area contributed by atoms with Gasteiger partial charge in [0, 0.05) is 0 Å². The molecule has 1 aromatic rings. The Morgan fingerprint density at radius 3 is 2.25 bits per heavy atom. The van der Waals surface area contributed by atoms with Gasteiger partial charge >= 0.3 is 12.1 Å². The van der Waals surface area contributed by atoms with Gasteiger partial charge in [0.1, 0.15) is 17.4 Å². The molecule has 1 rings (SSSR count). The molecule has 1 amide bonds. The first-order valence-electron chi connectivity index (χ1n) is 7.55. The van der Waals surface area contributed by atoms with Crippen LogP contribution in [-0.4, -0.2) is 41.6 Å². The van der Waals surface area contributed by atoms with Gasteiger partial charge in [-0.2, -0.15) is 4.98 Å². The van der Waals surface area contributed by atoms with E-state index < -0.39 is 29.5 Å². The summed E-state index contributed by atoms with van der Waals surface area (Å²) in [7, 11) is 1.21. The highest BCUT2D eigenvalue weighted by molar-refractivity contribution is 5.99. The summed E-state index contributed by atoms with van der Waals surface area (Å²) in [6.45, 7) is 10.2. The van der Waals surface area contributed by atoms with Crippen molar-refractivity contribution in [2.24, 2.45) is 5.92 Å². The molecular formula is C16H24N2O6. The molecule has 0 aliphatic heterocycles. The third-order valence-electron chi connectivity index (χ3n) is 3.01. The van der Waals surface area contributed by atoms with Crippen molar-refractivity contribution in [3.05, 3.63) is 17.3 Å². The molecule has 24 heavy (non-hydrogen) atoms. The third-order valence-corrected chi connectivity index (χ3v) is 3.01. The summed E-state index contributed by atoms with van der Waals surface area (Å²) in [6, 6.07) is -0.900. The molecule has 0 aliphatic carbocycles. The van der Waals surface area contributed by atoms with Gasteiger partial charge in [-0.3, -0.25) is 4.79 Å². The highest BCUT2D eigenvalue weighted by atomic mass is 16.6. The van der Waals surface area contributed by atoms with E-state index in [1.807, 2.05) is 0 Å². The van der Waals surface area contributed by atoms with Crippen LogP contribution in [0, 0.1) is 12.8 Å². The number of rotatable bonds is 5. The Balaban J connectivity index is 2.99. The molecule has 0 spiro atoms. The molecule has 0 aromatic carbocycles. The van der Waals surface area contributed by atoms with E-state index in [2.05, 4.69) is 15.0 Å². The van der Waals surface area contributed by atoms with E-state index in [4.69, 9.17) is 9.15 Å². The fraction of sp³-hybridized carbons (Fsp3) is 0.625. The van der Waals surface area contributed by atoms with E-state index >= 15 is 0 Å². The van der Waals surface area contributed by atoms with Crippen molar-refractivity contribution < 1.29 is 28.3 Å². The number of hydrogen-bond donors (Lipinski definition) is 1. The zero-order valence-electron chi connectivity index (χ0n) is 15.1. The number of nitrogens with one attached hydrogen (secondary N) is 1. The fourth-order valence-electron chi connectivity index (χ4n) is 1.89. The number of oxazole rings is 1. The maximum absolute atomic E-state index is 12.6.